The van der Waals surface area contributed by atoms with Crippen molar-refractivity contribution < 1.29 is 18.9 Å². The number of hydrogen-bond acceptors (Lipinski definition) is 5. The maximum Gasteiger partial charge on any atom is 0.145 e. The lowest BCUT2D eigenvalue weighted by molar-refractivity contribution is 0.0245. The zero-order chi connectivity index (χ0) is 20.8. The van der Waals surface area contributed by atoms with Gasteiger partial charge < -0.3 is 18.9 Å². The van der Waals surface area contributed by atoms with E-state index in [2.05, 4.69) is 38.1 Å². The largest absolute Gasteiger partial charge is 0.496 e. The molecular weight excluding hydrogens is 366 g/mol. The van der Waals surface area contributed by atoms with Gasteiger partial charge in [0.2, 0.25) is 0 Å². The number of benzene rings is 2. The molecule has 156 valence electrons. The molecule has 5 heteroatoms. The van der Waals surface area contributed by atoms with E-state index >= 15 is 0 Å². The second-order valence-electron chi connectivity index (χ2n) is 7.49. The van der Waals surface area contributed by atoms with Gasteiger partial charge >= 0.3 is 0 Å². The summed E-state index contributed by atoms with van der Waals surface area (Å²) in [5.41, 5.74) is 6.76. The average molecular weight is 398 g/mol. The van der Waals surface area contributed by atoms with Crippen molar-refractivity contribution in [3.05, 3.63) is 52.6 Å². The van der Waals surface area contributed by atoms with E-state index in [9.17, 15) is 0 Å². The molecule has 1 aliphatic carbocycles. The highest BCUT2D eigenvalue weighted by molar-refractivity contribution is 6.04. The van der Waals surface area contributed by atoms with E-state index in [0.717, 1.165) is 53.3 Å². The summed E-state index contributed by atoms with van der Waals surface area (Å²) in [5.74, 6) is 1.75. The van der Waals surface area contributed by atoms with Gasteiger partial charge in [-0.3, -0.25) is 4.99 Å². The van der Waals surface area contributed by atoms with E-state index in [0.29, 0.717) is 13.2 Å². The van der Waals surface area contributed by atoms with Crippen molar-refractivity contribution in [2.75, 3.05) is 34.5 Å². The van der Waals surface area contributed by atoms with Gasteiger partial charge in [-0.2, -0.15) is 0 Å². The van der Waals surface area contributed by atoms with Crippen LogP contribution in [0.1, 0.15) is 35.1 Å². The molecule has 0 saturated heterocycles. The lowest BCUT2D eigenvalue weighted by Gasteiger charge is -2.22. The molecule has 0 radical (unpaired) electrons. The second-order valence-corrected chi connectivity index (χ2v) is 7.49. The molecule has 0 heterocycles. The number of hydrogen-bond donors (Lipinski definition) is 0. The van der Waals surface area contributed by atoms with Crippen LogP contribution in [0.15, 0.2) is 35.3 Å². The van der Waals surface area contributed by atoms with Crippen LogP contribution < -0.4 is 9.47 Å². The minimum atomic E-state index is -0.140. The molecule has 2 aromatic carbocycles. The summed E-state index contributed by atoms with van der Waals surface area (Å²) in [7, 11) is 5.05. The molecule has 3 rings (SSSR count). The fraction of sp³-hybridized carbons (Fsp3) is 0.458. The van der Waals surface area contributed by atoms with Crippen molar-refractivity contribution in [3.63, 3.8) is 0 Å². The zero-order valence-electron chi connectivity index (χ0n) is 18.1. The van der Waals surface area contributed by atoms with Crippen LogP contribution in [0.25, 0.3) is 0 Å². The highest BCUT2D eigenvalue weighted by Gasteiger charge is 2.18. The van der Waals surface area contributed by atoms with Crippen LogP contribution in [0, 0.1) is 13.8 Å². The Morgan fingerprint density at radius 1 is 0.931 bits per heavy atom. The summed E-state index contributed by atoms with van der Waals surface area (Å²) in [5, 5.41) is 0. The van der Waals surface area contributed by atoms with Crippen LogP contribution in [0.3, 0.4) is 0 Å². The molecule has 29 heavy (non-hydrogen) atoms. The number of fused-ring (bicyclic) bond motifs is 1. The first-order valence-corrected chi connectivity index (χ1v) is 10.1. The Bertz CT molecular complexity index is 846. The van der Waals surface area contributed by atoms with E-state index in [1.165, 1.54) is 11.1 Å². The quantitative estimate of drug-likeness (QED) is 0.641. The monoisotopic (exact) mass is 397 g/mol. The molecule has 0 aliphatic heterocycles. The topological polar surface area (TPSA) is 49.3 Å². The Balaban J connectivity index is 1.92. The SMILES string of the molecule is COCC(COC)Oc1ccc2c(c1)/C(=N/c1cc(C)c(OC)c(C)c1)CCC2. The Morgan fingerprint density at radius 3 is 2.24 bits per heavy atom. The van der Waals surface area contributed by atoms with Crippen LogP contribution >= 0.6 is 0 Å². The van der Waals surface area contributed by atoms with Gasteiger partial charge in [-0.1, -0.05) is 6.07 Å². The van der Waals surface area contributed by atoms with Crippen molar-refractivity contribution in [1.82, 2.24) is 0 Å². The van der Waals surface area contributed by atoms with Gasteiger partial charge in [0.25, 0.3) is 0 Å². The summed E-state index contributed by atoms with van der Waals surface area (Å²) in [6.45, 7) is 5.08. The molecule has 0 unspecified atom stereocenters. The first-order chi connectivity index (χ1) is 14.0. The van der Waals surface area contributed by atoms with Gasteiger partial charge in [-0.15, -0.1) is 0 Å². The summed E-state index contributed by atoms with van der Waals surface area (Å²) in [6.07, 6.45) is 2.99. The Kier molecular flexibility index (Phi) is 7.29. The van der Waals surface area contributed by atoms with E-state index in [1.54, 1.807) is 21.3 Å². The van der Waals surface area contributed by atoms with Crippen LogP contribution in [0.5, 0.6) is 11.5 Å². The molecular formula is C24H31NO4. The molecule has 0 aromatic heterocycles. The molecule has 0 atom stereocenters. The number of ether oxygens (including phenoxy) is 4. The third-order valence-electron chi connectivity index (χ3n) is 5.17. The van der Waals surface area contributed by atoms with Crippen molar-refractivity contribution >= 4 is 11.4 Å². The van der Waals surface area contributed by atoms with Gasteiger partial charge in [-0.25, -0.2) is 0 Å². The highest BCUT2D eigenvalue weighted by atomic mass is 16.6. The smallest absolute Gasteiger partial charge is 0.145 e. The summed E-state index contributed by atoms with van der Waals surface area (Å²) in [4.78, 5) is 5.01. The Hall–Kier alpha value is -2.37. The van der Waals surface area contributed by atoms with E-state index in [1.807, 2.05) is 6.07 Å². The number of nitrogens with zero attached hydrogens (tertiary/aromatic N) is 1. The van der Waals surface area contributed by atoms with Gasteiger partial charge in [0.1, 0.15) is 17.6 Å². The molecule has 0 bridgehead atoms. The standard InChI is InChI=1S/C24H31NO4/c1-16-11-19(12-17(2)24(16)28-5)25-23-8-6-7-18-9-10-20(13-22(18)23)29-21(14-26-3)15-27-4/h9-13,21H,6-8,14-15H2,1-5H3/b25-23+. The number of aryl methyl sites for hydroxylation is 3. The van der Waals surface area contributed by atoms with Gasteiger partial charge in [0.05, 0.1) is 26.0 Å². The molecule has 0 N–H and O–H groups in total. The van der Waals surface area contributed by atoms with Crippen LogP contribution in [0.2, 0.25) is 0 Å². The Morgan fingerprint density at radius 2 is 1.62 bits per heavy atom. The first-order valence-electron chi connectivity index (χ1n) is 10.1. The predicted molar refractivity (Wildman–Crippen MR) is 116 cm³/mol. The van der Waals surface area contributed by atoms with E-state index in [4.69, 9.17) is 23.9 Å². The molecule has 1 aliphatic rings. The third-order valence-corrected chi connectivity index (χ3v) is 5.17. The number of methoxy groups -OCH3 is 3. The highest BCUT2D eigenvalue weighted by Crippen LogP contribution is 2.32. The van der Waals surface area contributed by atoms with Crippen molar-refractivity contribution in [2.45, 2.75) is 39.2 Å². The summed E-state index contributed by atoms with van der Waals surface area (Å²) in [6, 6.07) is 10.5. The van der Waals surface area contributed by atoms with Gasteiger partial charge in [0, 0.05) is 25.5 Å². The summed E-state index contributed by atoms with van der Waals surface area (Å²) < 4.78 is 22.1. The second kappa shape index (κ2) is 9.90. The van der Waals surface area contributed by atoms with Crippen LogP contribution in [-0.2, 0) is 15.9 Å². The van der Waals surface area contributed by atoms with Crippen molar-refractivity contribution in [1.29, 1.82) is 0 Å². The van der Waals surface area contributed by atoms with E-state index < -0.39 is 0 Å². The average Bonchev–Trinajstić information content (AvgIpc) is 2.69. The fourth-order valence-electron chi connectivity index (χ4n) is 3.96. The number of rotatable bonds is 8. The van der Waals surface area contributed by atoms with Gasteiger partial charge in [0.15, 0.2) is 0 Å². The van der Waals surface area contributed by atoms with Crippen molar-refractivity contribution in [2.24, 2.45) is 4.99 Å². The first kappa shape index (κ1) is 21.3. The molecule has 0 amide bonds. The number of aliphatic imine (C=N–C) groups is 1. The Labute approximate surface area is 173 Å². The van der Waals surface area contributed by atoms with E-state index in [-0.39, 0.29) is 6.10 Å². The maximum atomic E-state index is 6.11. The molecule has 0 fully saturated rings. The minimum absolute atomic E-state index is 0.140. The molecule has 0 saturated carbocycles. The lowest BCUT2D eigenvalue weighted by Crippen LogP contribution is -2.27. The van der Waals surface area contributed by atoms with Gasteiger partial charge in [-0.05, 0) is 74.1 Å². The predicted octanol–water partition coefficient (Wildman–Crippen LogP) is 4.81. The zero-order valence-corrected chi connectivity index (χ0v) is 18.1. The molecule has 5 nitrogen and oxygen atoms in total. The maximum absolute atomic E-state index is 6.11. The van der Waals surface area contributed by atoms with Crippen molar-refractivity contribution in [3.8, 4) is 11.5 Å². The lowest BCUT2D eigenvalue weighted by atomic mass is 9.89. The molecule has 2 aromatic rings. The molecule has 0 spiro atoms. The fourth-order valence-corrected chi connectivity index (χ4v) is 3.96. The third kappa shape index (κ3) is 5.17. The summed E-state index contributed by atoms with van der Waals surface area (Å²) >= 11 is 0. The minimum Gasteiger partial charge on any atom is -0.496 e. The van der Waals surface area contributed by atoms with Crippen LogP contribution in [-0.4, -0.2) is 46.4 Å². The normalized spacial score (nSPS) is 14.9. The van der Waals surface area contributed by atoms with Crippen LogP contribution in [0.4, 0.5) is 5.69 Å².